The fourth-order valence-corrected chi connectivity index (χ4v) is 5.35. The minimum Gasteiger partial charge on any atom is -0.477 e. The average molecular weight is 448 g/mol. The summed E-state index contributed by atoms with van der Waals surface area (Å²) in [5, 5.41) is 28.4. The molecule has 2 aliphatic heterocycles. The van der Waals surface area contributed by atoms with E-state index in [1.165, 1.54) is 28.4 Å². The first-order valence-corrected chi connectivity index (χ1v) is 10.9. The Morgan fingerprint density at radius 2 is 2.13 bits per heavy atom. The number of tetrazole rings is 1. The summed E-state index contributed by atoms with van der Waals surface area (Å²) in [7, 11) is 0. The first kappa shape index (κ1) is 20.2. The molecule has 0 spiro atoms. The van der Waals surface area contributed by atoms with Crippen LogP contribution in [0.1, 0.15) is 5.56 Å². The molecule has 0 saturated carbocycles. The molecule has 3 amide bonds. The molecule has 1 fully saturated rings. The van der Waals surface area contributed by atoms with Gasteiger partial charge in [-0.15, -0.1) is 22.0 Å². The molecule has 13 heteroatoms. The van der Waals surface area contributed by atoms with E-state index in [1.54, 1.807) is 0 Å². The monoisotopic (exact) mass is 447 g/mol. The van der Waals surface area contributed by atoms with Gasteiger partial charge in [0.15, 0.2) is 0 Å². The Hall–Kier alpha value is -3.06. The number of hydrogen-bond acceptors (Lipinski definition) is 8. The molecule has 1 aromatic heterocycles. The number of carboxylic acid groups (broad SMARTS) is 1. The summed E-state index contributed by atoms with van der Waals surface area (Å²) in [5.41, 5.74) is 1.49. The molecule has 4 N–H and O–H groups in total. The van der Waals surface area contributed by atoms with Crippen LogP contribution >= 0.6 is 23.5 Å². The smallest absolute Gasteiger partial charge is 0.352 e. The van der Waals surface area contributed by atoms with Crippen molar-refractivity contribution in [1.29, 1.82) is 0 Å². The lowest BCUT2D eigenvalue weighted by atomic mass is 10.0. The number of nitrogens with zero attached hydrogens (tertiary/aromatic N) is 4. The van der Waals surface area contributed by atoms with E-state index in [9.17, 15) is 19.5 Å². The van der Waals surface area contributed by atoms with E-state index in [0.29, 0.717) is 28.8 Å². The summed E-state index contributed by atoms with van der Waals surface area (Å²) < 4.78 is 0. The minimum atomic E-state index is -1.18. The highest BCUT2D eigenvalue weighted by Gasteiger charge is 2.54. The molecule has 1 aromatic carbocycles. The maximum absolute atomic E-state index is 12.6. The van der Waals surface area contributed by atoms with Gasteiger partial charge >= 0.3 is 12.0 Å². The third-order valence-electron chi connectivity index (χ3n) is 4.53. The fourth-order valence-electron chi connectivity index (χ4n) is 3.13. The lowest BCUT2D eigenvalue weighted by molar-refractivity contribution is -0.148. The average Bonchev–Trinajstić information content (AvgIpc) is 3.28. The first-order valence-electron chi connectivity index (χ1n) is 8.89. The lowest BCUT2D eigenvalue weighted by Crippen LogP contribution is -2.71. The maximum Gasteiger partial charge on any atom is 0.352 e. The van der Waals surface area contributed by atoms with E-state index < -0.39 is 29.3 Å². The predicted octanol–water partition coefficient (Wildman–Crippen LogP) is 0.414. The number of rotatable bonds is 7. The SMILES string of the molecule is O=C(NCc1ccccc1)NC1C(=O)N2C(C(=O)O)=C(CSc3nn[nH]n3)CS[C@H]12. The number of aromatic nitrogens is 4. The number of amides is 3. The molecule has 1 unspecified atom stereocenters. The van der Waals surface area contributed by atoms with Crippen LogP contribution in [0.5, 0.6) is 0 Å². The molecule has 2 atom stereocenters. The number of carboxylic acids is 1. The van der Waals surface area contributed by atoms with Gasteiger partial charge in [-0.3, -0.25) is 9.69 Å². The van der Waals surface area contributed by atoms with Crippen molar-refractivity contribution in [2.45, 2.75) is 23.1 Å². The number of urea groups is 1. The van der Waals surface area contributed by atoms with Crippen LogP contribution in [0.3, 0.4) is 0 Å². The van der Waals surface area contributed by atoms with E-state index >= 15 is 0 Å². The highest BCUT2D eigenvalue weighted by molar-refractivity contribution is 8.01. The van der Waals surface area contributed by atoms with E-state index in [1.807, 2.05) is 30.3 Å². The second-order valence-corrected chi connectivity index (χ2v) is 8.49. The molecule has 3 heterocycles. The topological polar surface area (TPSA) is 153 Å². The molecule has 30 heavy (non-hydrogen) atoms. The van der Waals surface area contributed by atoms with Crippen LogP contribution in [0.15, 0.2) is 46.8 Å². The summed E-state index contributed by atoms with van der Waals surface area (Å²) in [6, 6.07) is 8.14. The number of nitrogens with one attached hydrogen (secondary N) is 3. The Balaban J connectivity index is 1.38. The van der Waals surface area contributed by atoms with Gasteiger partial charge in [0, 0.05) is 18.1 Å². The van der Waals surface area contributed by atoms with Crippen molar-refractivity contribution in [2.75, 3.05) is 11.5 Å². The largest absolute Gasteiger partial charge is 0.477 e. The van der Waals surface area contributed by atoms with Crippen molar-refractivity contribution in [3.8, 4) is 0 Å². The van der Waals surface area contributed by atoms with E-state index in [4.69, 9.17) is 0 Å². The second kappa shape index (κ2) is 8.75. The molecule has 156 valence electrons. The van der Waals surface area contributed by atoms with Crippen LogP contribution in [-0.4, -0.2) is 71.5 Å². The van der Waals surface area contributed by atoms with Crippen LogP contribution in [-0.2, 0) is 16.1 Å². The van der Waals surface area contributed by atoms with Crippen molar-refractivity contribution in [1.82, 2.24) is 36.2 Å². The minimum absolute atomic E-state index is 0.0394. The number of carbonyl (C=O) groups is 3. The number of β-lactam (4-membered cyclic amide) rings is 1. The van der Waals surface area contributed by atoms with Crippen LogP contribution in [0.4, 0.5) is 4.79 Å². The van der Waals surface area contributed by atoms with Crippen LogP contribution in [0, 0.1) is 0 Å². The number of hydrogen-bond donors (Lipinski definition) is 4. The Morgan fingerprint density at radius 3 is 2.83 bits per heavy atom. The van der Waals surface area contributed by atoms with Gasteiger partial charge in [0.2, 0.25) is 5.16 Å². The lowest BCUT2D eigenvalue weighted by Gasteiger charge is -2.49. The zero-order valence-electron chi connectivity index (χ0n) is 15.4. The molecular weight excluding hydrogens is 430 g/mol. The Morgan fingerprint density at radius 1 is 1.33 bits per heavy atom. The zero-order chi connectivity index (χ0) is 21.1. The van der Waals surface area contributed by atoms with Crippen LogP contribution in [0.25, 0.3) is 0 Å². The normalized spacial score (nSPS) is 20.4. The number of thioether (sulfide) groups is 2. The standard InChI is InChI=1S/C17H17N7O4S2/c25-13-11(19-16(28)18-6-9-4-2-1-3-5-9)14-24(13)12(15(26)27)10(7-29-14)8-30-17-20-22-23-21-17/h1-5,11,14H,6-8H2,(H,26,27)(H2,18,19,28)(H,20,21,22,23)/t11?,14-/m1/s1. The van der Waals surface area contributed by atoms with Crippen LogP contribution < -0.4 is 10.6 Å². The molecule has 4 rings (SSSR count). The van der Waals surface area contributed by atoms with Gasteiger partial charge in [0.05, 0.1) is 0 Å². The molecule has 0 aliphatic carbocycles. The van der Waals surface area contributed by atoms with Crippen molar-refractivity contribution in [3.63, 3.8) is 0 Å². The summed E-state index contributed by atoms with van der Waals surface area (Å²) in [5.74, 6) is -0.878. The number of benzene rings is 1. The number of carbonyl (C=O) groups excluding carboxylic acids is 2. The van der Waals surface area contributed by atoms with Gasteiger partial charge in [-0.25, -0.2) is 9.59 Å². The third-order valence-corrected chi connectivity index (χ3v) is 6.80. The van der Waals surface area contributed by atoms with Gasteiger partial charge in [-0.1, -0.05) is 42.1 Å². The van der Waals surface area contributed by atoms with Gasteiger partial charge in [0.1, 0.15) is 17.1 Å². The van der Waals surface area contributed by atoms with Crippen molar-refractivity contribution < 1.29 is 19.5 Å². The molecule has 0 bridgehead atoms. The van der Waals surface area contributed by atoms with Crippen molar-refractivity contribution in [3.05, 3.63) is 47.2 Å². The molecule has 11 nitrogen and oxygen atoms in total. The fraction of sp³-hybridized carbons (Fsp3) is 0.294. The highest BCUT2D eigenvalue weighted by Crippen LogP contribution is 2.41. The molecular formula is C17H17N7O4S2. The van der Waals surface area contributed by atoms with Gasteiger partial charge in [-0.2, -0.15) is 5.21 Å². The Bertz CT molecular complexity index is 983. The molecule has 0 radical (unpaired) electrons. The number of aromatic amines is 1. The summed E-state index contributed by atoms with van der Waals surface area (Å²) >= 11 is 2.64. The summed E-state index contributed by atoms with van der Waals surface area (Å²) in [4.78, 5) is 37.9. The molecule has 1 saturated heterocycles. The zero-order valence-corrected chi connectivity index (χ0v) is 17.1. The summed E-state index contributed by atoms with van der Waals surface area (Å²) in [6.45, 7) is 0.326. The number of aliphatic carboxylic acids is 1. The van der Waals surface area contributed by atoms with Gasteiger partial charge in [0.25, 0.3) is 5.91 Å². The number of H-pyrrole nitrogens is 1. The van der Waals surface area contributed by atoms with Crippen molar-refractivity contribution in [2.24, 2.45) is 0 Å². The Labute approximate surface area is 179 Å². The molecule has 2 aliphatic rings. The molecule has 2 aromatic rings. The van der Waals surface area contributed by atoms with Crippen LogP contribution in [0.2, 0.25) is 0 Å². The number of fused-ring (bicyclic) bond motifs is 1. The maximum atomic E-state index is 12.6. The van der Waals surface area contributed by atoms with Crippen molar-refractivity contribution >= 4 is 41.4 Å². The van der Waals surface area contributed by atoms with Gasteiger partial charge < -0.3 is 15.7 Å². The van der Waals surface area contributed by atoms with E-state index in [2.05, 4.69) is 31.3 Å². The quantitative estimate of drug-likeness (QED) is 0.349. The predicted molar refractivity (Wildman–Crippen MR) is 108 cm³/mol. The Kier molecular flexibility index (Phi) is 5.90. The van der Waals surface area contributed by atoms with E-state index in [0.717, 1.165) is 5.56 Å². The summed E-state index contributed by atoms with van der Waals surface area (Å²) in [6.07, 6.45) is 0. The highest BCUT2D eigenvalue weighted by atomic mass is 32.2. The third kappa shape index (κ3) is 4.11. The van der Waals surface area contributed by atoms with E-state index in [-0.39, 0.29) is 5.70 Å². The van der Waals surface area contributed by atoms with Gasteiger partial charge in [-0.05, 0) is 16.3 Å². The second-order valence-electron chi connectivity index (χ2n) is 6.44. The first-order chi connectivity index (χ1) is 14.5.